The average Bonchev–Trinajstić information content (AvgIpc) is 2.66. The second-order valence-electron chi connectivity index (χ2n) is 6.37. The van der Waals surface area contributed by atoms with Gasteiger partial charge in [0.1, 0.15) is 0 Å². The summed E-state index contributed by atoms with van der Waals surface area (Å²) in [6.07, 6.45) is 10.6. The number of nitrogens with zero attached hydrogens (tertiary/aromatic N) is 2. The first kappa shape index (κ1) is 15.7. The average molecular weight is 285 g/mol. The van der Waals surface area contributed by atoms with Crippen molar-refractivity contribution in [2.75, 3.05) is 39.0 Å². The molecule has 0 aromatic rings. The van der Waals surface area contributed by atoms with E-state index in [1.807, 2.05) is 0 Å². The number of hydrogen-bond donors (Lipinski definition) is 0. The molecule has 0 aromatic heterocycles. The Kier molecular flexibility index (Phi) is 6.04. The van der Waals surface area contributed by atoms with E-state index < -0.39 is 0 Å². The molecule has 3 heteroatoms. The number of hydrogen-bond acceptors (Lipinski definition) is 3. The molecular formula is C16H32N2S. The highest BCUT2D eigenvalue weighted by atomic mass is 32.2. The Morgan fingerprint density at radius 2 is 1.79 bits per heavy atom. The van der Waals surface area contributed by atoms with Crippen LogP contribution < -0.4 is 0 Å². The molecule has 0 N–H and O–H groups in total. The van der Waals surface area contributed by atoms with Crippen molar-refractivity contribution in [3.8, 4) is 0 Å². The van der Waals surface area contributed by atoms with Crippen LogP contribution in [0, 0.1) is 0 Å². The Morgan fingerprint density at radius 3 is 2.47 bits per heavy atom. The van der Waals surface area contributed by atoms with E-state index in [4.69, 9.17) is 0 Å². The van der Waals surface area contributed by atoms with Crippen molar-refractivity contribution in [3.05, 3.63) is 0 Å². The Morgan fingerprint density at radius 1 is 1.05 bits per heavy atom. The molecule has 0 spiro atoms. The summed E-state index contributed by atoms with van der Waals surface area (Å²) in [7, 11) is 0. The van der Waals surface area contributed by atoms with Gasteiger partial charge < -0.3 is 4.90 Å². The van der Waals surface area contributed by atoms with Crippen LogP contribution >= 0.6 is 11.8 Å². The molecule has 2 rings (SSSR count). The van der Waals surface area contributed by atoms with Gasteiger partial charge in [-0.1, -0.05) is 20.3 Å². The standard InChI is InChI=1S/C16H32N2S/c1-4-16(5-2,19-3)14-17-10-8-12-18-11-7-6-9-15(18)13-17/h15H,4-14H2,1-3H3. The third-order valence-corrected chi connectivity index (χ3v) is 6.94. The van der Waals surface area contributed by atoms with Crippen molar-refractivity contribution in [1.82, 2.24) is 9.80 Å². The number of fused-ring (bicyclic) bond motifs is 1. The van der Waals surface area contributed by atoms with Crippen LogP contribution in [-0.4, -0.2) is 59.6 Å². The molecule has 1 unspecified atom stereocenters. The van der Waals surface area contributed by atoms with Crippen LogP contribution in [0.3, 0.4) is 0 Å². The molecule has 2 fully saturated rings. The summed E-state index contributed by atoms with van der Waals surface area (Å²) in [5.41, 5.74) is 0. The van der Waals surface area contributed by atoms with Gasteiger partial charge in [-0.15, -0.1) is 0 Å². The van der Waals surface area contributed by atoms with Crippen LogP contribution in [0.25, 0.3) is 0 Å². The van der Waals surface area contributed by atoms with Gasteiger partial charge in [0.2, 0.25) is 0 Å². The monoisotopic (exact) mass is 284 g/mol. The lowest BCUT2D eigenvalue weighted by atomic mass is 9.99. The fraction of sp³-hybridized carbons (Fsp3) is 1.00. The van der Waals surface area contributed by atoms with Crippen LogP contribution in [0.5, 0.6) is 0 Å². The second-order valence-corrected chi connectivity index (χ2v) is 7.64. The zero-order valence-electron chi connectivity index (χ0n) is 13.2. The maximum atomic E-state index is 2.78. The van der Waals surface area contributed by atoms with Crippen LogP contribution in [-0.2, 0) is 0 Å². The molecule has 2 aliphatic heterocycles. The Hall–Kier alpha value is 0.270. The van der Waals surface area contributed by atoms with E-state index in [0.29, 0.717) is 4.75 Å². The summed E-state index contributed by atoms with van der Waals surface area (Å²) >= 11 is 2.09. The molecule has 2 nitrogen and oxygen atoms in total. The molecule has 2 saturated heterocycles. The number of rotatable bonds is 5. The van der Waals surface area contributed by atoms with E-state index in [2.05, 4.69) is 41.7 Å². The summed E-state index contributed by atoms with van der Waals surface area (Å²) < 4.78 is 0.490. The second kappa shape index (κ2) is 7.33. The molecule has 1 atom stereocenters. The van der Waals surface area contributed by atoms with Crippen LogP contribution in [0.1, 0.15) is 52.4 Å². The van der Waals surface area contributed by atoms with Crippen LogP contribution in [0.2, 0.25) is 0 Å². The van der Waals surface area contributed by atoms with Crippen molar-refractivity contribution in [2.24, 2.45) is 0 Å². The molecule has 2 aliphatic rings. The molecule has 0 aromatic carbocycles. The topological polar surface area (TPSA) is 6.48 Å². The summed E-state index contributed by atoms with van der Waals surface area (Å²) in [5, 5.41) is 0. The highest BCUT2D eigenvalue weighted by Crippen LogP contribution is 2.32. The van der Waals surface area contributed by atoms with Crippen molar-refractivity contribution < 1.29 is 0 Å². The lowest BCUT2D eigenvalue weighted by molar-refractivity contribution is 0.132. The summed E-state index contributed by atoms with van der Waals surface area (Å²) in [6.45, 7) is 11.4. The lowest BCUT2D eigenvalue weighted by Crippen LogP contribution is -2.47. The van der Waals surface area contributed by atoms with E-state index in [1.165, 1.54) is 71.2 Å². The maximum Gasteiger partial charge on any atom is 0.0279 e. The zero-order valence-corrected chi connectivity index (χ0v) is 14.0. The minimum Gasteiger partial charge on any atom is -0.300 e. The molecule has 2 heterocycles. The maximum absolute atomic E-state index is 2.78. The van der Waals surface area contributed by atoms with E-state index in [9.17, 15) is 0 Å². The van der Waals surface area contributed by atoms with Gasteiger partial charge in [0.05, 0.1) is 0 Å². The highest BCUT2D eigenvalue weighted by molar-refractivity contribution is 8.00. The van der Waals surface area contributed by atoms with Gasteiger partial charge in [0.15, 0.2) is 0 Å². The van der Waals surface area contributed by atoms with E-state index in [-0.39, 0.29) is 0 Å². The van der Waals surface area contributed by atoms with Crippen molar-refractivity contribution in [3.63, 3.8) is 0 Å². The first-order valence-corrected chi connectivity index (χ1v) is 9.47. The van der Waals surface area contributed by atoms with Crippen LogP contribution in [0.4, 0.5) is 0 Å². The minimum atomic E-state index is 0.490. The predicted molar refractivity (Wildman–Crippen MR) is 87.1 cm³/mol. The van der Waals surface area contributed by atoms with Gasteiger partial charge in [-0.05, 0) is 58.0 Å². The third-order valence-electron chi connectivity index (χ3n) is 5.37. The fourth-order valence-electron chi connectivity index (χ4n) is 3.83. The first-order chi connectivity index (χ1) is 9.23. The Bertz CT molecular complexity index is 257. The third kappa shape index (κ3) is 3.89. The molecule has 0 aliphatic carbocycles. The Balaban J connectivity index is 1.96. The van der Waals surface area contributed by atoms with E-state index >= 15 is 0 Å². The quantitative estimate of drug-likeness (QED) is 0.763. The van der Waals surface area contributed by atoms with Crippen LogP contribution in [0.15, 0.2) is 0 Å². The molecule has 0 amide bonds. The highest BCUT2D eigenvalue weighted by Gasteiger charge is 2.32. The normalized spacial score (nSPS) is 27.0. The zero-order chi connectivity index (χ0) is 13.7. The largest absolute Gasteiger partial charge is 0.300 e. The smallest absolute Gasteiger partial charge is 0.0279 e. The van der Waals surface area contributed by atoms with E-state index in [0.717, 1.165) is 6.04 Å². The van der Waals surface area contributed by atoms with Gasteiger partial charge >= 0.3 is 0 Å². The lowest BCUT2D eigenvalue weighted by Gasteiger charge is -2.39. The summed E-state index contributed by atoms with van der Waals surface area (Å²) in [5.74, 6) is 0. The molecule has 19 heavy (non-hydrogen) atoms. The molecule has 0 radical (unpaired) electrons. The molecule has 0 bridgehead atoms. The number of piperidine rings is 1. The molecular weight excluding hydrogens is 252 g/mol. The van der Waals surface area contributed by atoms with Gasteiger partial charge in [-0.2, -0.15) is 11.8 Å². The molecule has 0 saturated carbocycles. The first-order valence-electron chi connectivity index (χ1n) is 8.24. The van der Waals surface area contributed by atoms with Crippen molar-refractivity contribution in [2.45, 2.75) is 63.2 Å². The van der Waals surface area contributed by atoms with Crippen molar-refractivity contribution >= 4 is 11.8 Å². The SMILES string of the molecule is CCC(CC)(CN1CCCN2CCCCC2C1)SC. The van der Waals surface area contributed by atoms with E-state index in [1.54, 1.807) is 0 Å². The Labute approximate surface area is 124 Å². The van der Waals surface area contributed by atoms with Crippen molar-refractivity contribution in [1.29, 1.82) is 0 Å². The fourth-order valence-corrected chi connectivity index (χ4v) is 4.71. The summed E-state index contributed by atoms with van der Waals surface area (Å²) in [6, 6.07) is 0.851. The predicted octanol–water partition coefficient (Wildman–Crippen LogP) is 3.47. The summed E-state index contributed by atoms with van der Waals surface area (Å²) in [4.78, 5) is 5.54. The van der Waals surface area contributed by atoms with Gasteiger partial charge in [-0.25, -0.2) is 0 Å². The van der Waals surface area contributed by atoms with Gasteiger partial charge in [0.25, 0.3) is 0 Å². The number of thioether (sulfide) groups is 1. The minimum absolute atomic E-state index is 0.490. The molecule has 112 valence electrons. The van der Waals surface area contributed by atoms with Gasteiger partial charge in [0, 0.05) is 23.9 Å². The van der Waals surface area contributed by atoms with Gasteiger partial charge in [-0.3, -0.25) is 4.90 Å².